The third-order valence-electron chi connectivity index (χ3n) is 7.48. The van der Waals surface area contributed by atoms with Crippen molar-refractivity contribution in [2.75, 3.05) is 30.8 Å². The predicted molar refractivity (Wildman–Crippen MR) is 153 cm³/mol. The van der Waals surface area contributed by atoms with Crippen molar-refractivity contribution in [1.82, 2.24) is 24.3 Å². The highest BCUT2D eigenvalue weighted by atomic mass is 35.5. The first-order valence-electron chi connectivity index (χ1n) is 13.0. The van der Waals surface area contributed by atoms with Crippen molar-refractivity contribution in [3.8, 4) is 17.0 Å². The Balaban J connectivity index is 1.44. The topological polar surface area (TPSA) is 120 Å². The van der Waals surface area contributed by atoms with Gasteiger partial charge in [-0.05, 0) is 42.7 Å². The van der Waals surface area contributed by atoms with Gasteiger partial charge in [0.25, 0.3) is 0 Å². The zero-order valence-corrected chi connectivity index (χ0v) is 22.9. The van der Waals surface area contributed by atoms with Gasteiger partial charge in [-0.25, -0.2) is 23.7 Å². The number of nitrogens with two attached hydrogens (primary N) is 2. The van der Waals surface area contributed by atoms with E-state index in [0.29, 0.717) is 35.3 Å². The highest BCUT2D eigenvalue weighted by Crippen LogP contribution is 2.36. The molecule has 41 heavy (non-hydrogen) atoms. The van der Waals surface area contributed by atoms with Crippen molar-refractivity contribution in [1.29, 1.82) is 0 Å². The largest absolute Gasteiger partial charge is 0.494 e. The second kappa shape index (κ2) is 10.6. The Bertz CT molecular complexity index is 1760. The molecule has 1 aliphatic rings. The molecule has 9 nitrogen and oxygen atoms in total. The maximum atomic E-state index is 15.1. The zero-order valence-electron chi connectivity index (χ0n) is 22.2. The monoisotopic (exact) mass is 576 g/mol. The second-order valence-corrected chi connectivity index (χ2v) is 10.5. The molecule has 0 bridgehead atoms. The molecule has 0 spiro atoms. The van der Waals surface area contributed by atoms with Gasteiger partial charge in [-0.2, -0.15) is 0 Å². The maximum Gasteiger partial charge on any atom is 0.180 e. The van der Waals surface area contributed by atoms with Gasteiger partial charge in [0.1, 0.15) is 11.0 Å². The minimum absolute atomic E-state index is 0.0256. The summed E-state index contributed by atoms with van der Waals surface area (Å²) in [5, 5.41) is 0.381. The first-order valence-corrected chi connectivity index (χ1v) is 13.4. The summed E-state index contributed by atoms with van der Waals surface area (Å²) in [6, 6.07) is 9.33. The van der Waals surface area contributed by atoms with Crippen LogP contribution in [0.1, 0.15) is 29.8 Å². The predicted octanol–water partition coefficient (Wildman–Crippen LogP) is 4.75. The first-order chi connectivity index (χ1) is 19.8. The van der Waals surface area contributed by atoms with Crippen LogP contribution in [0.5, 0.6) is 5.75 Å². The van der Waals surface area contributed by atoms with Crippen molar-refractivity contribution in [3.63, 3.8) is 0 Å². The van der Waals surface area contributed by atoms with Gasteiger partial charge in [0.15, 0.2) is 23.0 Å². The van der Waals surface area contributed by atoms with Crippen molar-refractivity contribution >= 4 is 28.8 Å². The number of pyridine rings is 2. The summed E-state index contributed by atoms with van der Waals surface area (Å²) in [6.45, 7) is 1.19. The first kappa shape index (κ1) is 26.9. The summed E-state index contributed by atoms with van der Waals surface area (Å²) in [7, 11) is 1.29. The molecule has 0 amide bonds. The summed E-state index contributed by atoms with van der Waals surface area (Å²) in [5.41, 5.74) is 16.2. The standard InChI is InChI=1S/C29H27ClF2N8O/c1-41-24-13-20(31)19(12-21(24)32)22-11-17(10-18-14-37-28-27(33)35-7-9-40(18)28)23(15-36-22)39-8-3-6-29(34,16-39)25-4-2-5-26(30)38-25/h2,4-5,7,9,11-15H,3,6,8,10,16,34H2,1H3,(H2,33,35)/t29-/m1/s1. The van der Waals surface area contributed by atoms with Crippen LogP contribution in [0.2, 0.25) is 5.15 Å². The van der Waals surface area contributed by atoms with Crippen LogP contribution in [-0.2, 0) is 12.0 Å². The molecule has 12 heteroatoms. The summed E-state index contributed by atoms with van der Waals surface area (Å²) >= 11 is 6.18. The summed E-state index contributed by atoms with van der Waals surface area (Å²) in [5.74, 6) is -1.20. The quantitative estimate of drug-likeness (QED) is 0.278. The fraction of sp³-hybridized carbons (Fsp3) is 0.241. The van der Waals surface area contributed by atoms with Crippen LogP contribution in [0.25, 0.3) is 16.9 Å². The van der Waals surface area contributed by atoms with E-state index in [0.717, 1.165) is 48.5 Å². The van der Waals surface area contributed by atoms with Crippen LogP contribution in [0.4, 0.5) is 20.3 Å². The number of methoxy groups -OCH3 is 1. The molecular weight excluding hydrogens is 550 g/mol. The van der Waals surface area contributed by atoms with Gasteiger partial charge in [-0.1, -0.05) is 17.7 Å². The zero-order chi connectivity index (χ0) is 28.7. The van der Waals surface area contributed by atoms with Gasteiger partial charge in [0, 0.05) is 55.4 Å². The molecular formula is C29H27ClF2N8O. The number of hydrogen-bond donors (Lipinski definition) is 2. The number of benzene rings is 1. The molecule has 5 heterocycles. The molecule has 0 unspecified atom stereocenters. The number of nitrogen functional groups attached to an aromatic ring is 1. The summed E-state index contributed by atoms with van der Waals surface area (Å²) < 4.78 is 36.5. The number of imidazole rings is 1. The van der Waals surface area contributed by atoms with E-state index in [9.17, 15) is 4.39 Å². The summed E-state index contributed by atoms with van der Waals surface area (Å²) in [6.07, 6.45) is 8.74. The van der Waals surface area contributed by atoms with Gasteiger partial charge in [-0.3, -0.25) is 9.38 Å². The van der Waals surface area contributed by atoms with E-state index >= 15 is 4.39 Å². The Morgan fingerprint density at radius 1 is 1.10 bits per heavy atom. The molecule has 1 fully saturated rings. The molecule has 210 valence electrons. The lowest BCUT2D eigenvalue weighted by Gasteiger charge is -2.41. The highest BCUT2D eigenvalue weighted by Gasteiger charge is 2.36. The van der Waals surface area contributed by atoms with Gasteiger partial charge in [0.05, 0.1) is 35.9 Å². The molecule has 0 aliphatic carbocycles. The van der Waals surface area contributed by atoms with Crippen molar-refractivity contribution < 1.29 is 13.5 Å². The number of ether oxygens (including phenoxy) is 1. The maximum absolute atomic E-state index is 15.1. The van der Waals surface area contributed by atoms with Crippen LogP contribution < -0.4 is 21.1 Å². The summed E-state index contributed by atoms with van der Waals surface area (Å²) in [4.78, 5) is 19.8. The van der Waals surface area contributed by atoms with E-state index in [1.165, 1.54) is 7.11 Å². The third kappa shape index (κ3) is 5.02. The van der Waals surface area contributed by atoms with E-state index in [4.69, 9.17) is 27.8 Å². The Labute approximate surface area is 239 Å². The van der Waals surface area contributed by atoms with E-state index in [2.05, 4.69) is 24.8 Å². The Hall–Kier alpha value is -4.35. The van der Waals surface area contributed by atoms with E-state index < -0.39 is 17.2 Å². The molecule has 4 aromatic heterocycles. The van der Waals surface area contributed by atoms with E-state index in [1.54, 1.807) is 36.9 Å². The lowest BCUT2D eigenvalue weighted by atomic mass is 9.86. The third-order valence-corrected chi connectivity index (χ3v) is 7.69. The Morgan fingerprint density at radius 3 is 2.76 bits per heavy atom. The average molecular weight is 577 g/mol. The molecule has 6 rings (SSSR count). The molecule has 1 aromatic carbocycles. The number of halogens is 3. The van der Waals surface area contributed by atoms with E-state index in [-0.39, 0.29) is 17.0 Å². The average Bonchev–Trinajstić information content (AvgIpc) is 3.38. The smallest absolute Gasteiger partial charge is 0.180 e. The number of hydrogen-bond acceptors (Lipinski definition) is 8. The van der Waals surface area contributed by atoms with Crippen molar-refractivity contribution in [2.45, 2.75) is 24.8 Å². The molecule has 1 aliphatic heterocycles. The van der Waals surface area contributed by atoms with E-state index in [1.807, 2.05) is 16.5 Å². The Morgan fingerprint density at radius 2 is 1.95 bits per heavy atom. The van der Waals surface area contributed by atoms with Gasteiger partial charge in [0.2, 0.25) is 0 Å². The van der Waals surface area contributed by atoms with Crippen molar-refractivity contribution in [3.05, 3.63) is 94.9 Å². The highest BCUT2D eigenvalue weighted by molar-refractivity contribution is 6.29. The van der Waals surface area contributed by atoms with Crippen LogP contribution in [0.15, 0.2) is 61.2 Å². The van der Waals surface area contributed by atoms with Crippen LogP contribution in [-0.4, -0.2) is 44.5 Å². The Kier molecular flexibility index (Phi) is 6.92. The SMILES string of the molecule is COc1cc(F)c(-c2cc(Cc3cnc4c(N)nccn34)c(N3CCC[C@](N)(c4cccc(Cl)n4)C3)cn2)cc1F. The van der Waals surface area contributed by atoms with Crippen LogP contribution >= 0.6 is 11.6 Å². The minimum atomic E-state index is -0.742. The second-order valence-electron chi connectivity index (χ2n) is 10.1. The lowest BCUT2D eigenvalue weighted by molar-refractivity contribution is 0.345. The number of nitrogens with zero attached hydrogens (tertiary/aromatic N) is 6. The normalized spacial score (nSPS) is 17.2. The molecule has 1 saturated heterocycles. The van der Waals surface area contributed by atoms with Gasteiger partial charge >= 0.3 is 0 Å². The lowest BCUT2D eigenvalue weighted by Crippen LogP contribution is -2.52. The van der Waals surface area contributed by atoms with Crippen LogP contribution in [0.3, 0.4) is 0 Å². The number of fused-ring (bicyclic) bond motifs is 1. The van der Waals surface area contributed by atoms with Gasteiger partial charge < -0.3 is 21.1 Å². The number of piperidine rings is 1. The molecule has 0 radical (unpaired) electrons. The molecule has 5 aromatic rings. The molecule has 0 saturated carbocycles. The fourth-order valence-corrected chi connectivity index (χ4v) is 5.61. The number of rotatable bonds is 6. The van der Waals surface area contributed by atoms with Gasteiger partial charge in [-0.15, -0.1) is 0 Å². The minimum Gasteiger partial charge on any atom is -0.494 e. The molecule has 1 atom stereocenters. The number of anilines is 2. The molecule has 4 N–H and O–H groups in total. The van der Waals surface area contributed by atoms with Crippen LogP contribution in [0, 0.1) is 11.6 Å². The van der Waals surface area contributed by atoms with Crippen molar-refractivity contribution in [2.24, 2.45) is 5.73 Å². The number of aromatic nitrogens is 5. The fourth-order valence-electron chi connectivity index (χ4n) is 5.45.